The van der Waals surface area contributed by atoms with E-state index in [4.69, 9.17) is 4.42 Å². The predicted molar refractivity (Wildman–Crippen MR) is 68.1 cm³/mol. The van der Waals surface area contributed by atoms with Crippen molar-refractivity contribution in [2.75, 3.05) is 31.6 Å². The summed E-state index contributed by atoms with van der Waals surface area (Å²) < 4.78 is 42.3. The summed E-state index contributed by atoms with van der Waals surface area (Å²) in [5, 5.41) is 2.85. The highest BCUT2D eigenvalue weighted by Crippen LogP contribution is 2.20. The van der Waals surface area contributed by atoms with Gasteiger partial charge < -0.3 is 9.73 Å². The predicted octanol–water partition coefficient (Wildman–Crippen LogP) is -0.248. The molecule has 1 aromatic heterocycles. The molecule has 0 amide bonds. The van der Waals surface area contributed by atoms with Crippen molar-refractivity contribution < 1.29 is 17.0 Å². The smallest absolute Gasteiger partial charge is 0.276 e. The van der Waals surface area contributed by atoms with Gasteiger partial charge in [0.15, 0.2) is 0 Å². The van der Waals surface area contributed by atoms with Gasteiger partial charge in [0.05, 0.1) is 6.54 Å². The molecule has 1 aliphatic heterocycles. The summed E-state index contributed by atoms with van der Waals surface area (Å²) in [6.45, 7) is 1.06. The Balaban J connectivity index is 2.16. The van der Waals surface area contributed by atoms with Crippen LogP contribution in [-0.2, 0) is 27.4 Å². The van der Waals surface area contributed by atoms with Crippen molar-refractivity contribution in [2.24, 2.45) is 0 Å². The lowest BCUT2D eigenvalue weighted by Crippen LogP contribution is -2.41. The van der Waals surface area contributed by atoms with Gasteiger partial charge in [-0.3, -0.25) is 4.21 Å². The number of hydrogen-bond donors (Lipinski definition) is 1. The van der Waals surface area contributed by atoms with Gasteiger partial charge in [0.2, 0.25) is 5.09 Å². The van der Waals surface area contributed by atoms with Crippen LogP contribution in [0.15, 0.2) is 21.6 Å². The largest absolute Gasteiger partial charge is 0.447 e. The van der Waals surface area contributed by atoms with Crippen LogP contribution >= 0.6 is 0 Å². The fraction of sp³-hybridized carbons (Fsp3) is 0.600. The van der Waals surface area contributed by atoms with Crippen molar-refractivity contribution in [2.45, 2.75) is 11.6 Å². The van der Waals surface area contributed by atoms with Crippen molar-refractivity contribution in [3.63, 3.8) is 0 Å². The second kappa shape index (κ2) is 5.52. The van der Waals surface area contributed by atoms with Crippen LogP contribution < -0.4 is 5.32 Å². The molecule has 0 aromatic carbocycles. The van der Waals surface area contributed by atoms with Crippen LogP contribution in [0, 0.1) is 0 Å². The van der Waals surface area contributed by atoms with E-state index in [1.165, 1.54) is 10.4 Å². The molecule has 1 saturated heterocycles. The van der Waals surface area contributed by atoms with Crippen LogP contribution in [0.3, 0.4) is 0 Å². The molecule has 102 valence electrons. The lowest BCUT2D eigenvalue weighted by atomic mass is 10.4. The summed E-state index contributed by atoms with van der Waals surface area (Å²) >= 11 is 0. The average molecular weight is 292 g/mol. The molecular weight excluding hydrogens is 276 g/mol. The molecule has 0 bridgehead atoms. The van der Waals surface area contributed by atoms with E-state index in [0.29, 0.717) is 23.8 Å². The Morgan fingerprint density at radius 3 is 2.67 bits per heavy atom. The number of hydrogen-bond acceptors (Lipinski definition) is 5. The molecule has 1 aliphatic rings. The van der Waals surface area contributed by atoms with Crippen LogP contribution in [-0.4, -0.2) is 48.6 Å². The van der Waals surface area contributed by atoms with Gasteiger partial charge in [-0.05, 0) is 19.2 Å². The van der Waals surface area contributed by atoms with Crippen molar-refractivity contribution >= 4 is 20.8 Å². The lowest BCUT2D eigenvalue weighted by molar-refractivity contribution is 0.374. The Bertz CT molecular complexity index is 528. The van der Waals surface area contributed by atoms with E-state index >= 15 is 0 Å². The highest BCUT2D eigenvalue weighted by Gasteiger charge is 2.30. The topological polar surface area (TPSA) is 79.6 Å². The molecule has 0 saturated carbocycles. The Kier molecular flexibility index (Phi) is 4.21. The van der Waals surface area contributed by atoms with Gasteiger partial charge in [0, 0.05) is 35.4 Å². The molecule has 2 heterocycles. The third-order valence-corrected chi connectivity index (χ3v) is 5.77. The maximum absolute atomic E-state index is 12.2. The Hall–Kier alpha value is -0.700. The van der Waals surface area contributed by atoms with Gasteiger partial charge in [-0.2, -0.15) is 4.31 Å². The molecule has 0 atom stereocenters. The second-order valence-corrected chi connectivity index (χ2v) is 7.57. The first-order valence-electron chi connectivity index (χ1n) is 5.62. The van der Waals surface area contributed by atoms with Gasteiger partial charge in [-0.1, -0.05) is 0 Å². The van der Waals surface area contributed by atoms with Crippen LogP contribution in [0.25, 0.3) is 0 Å². The molecular formula is C10H16N2O4S2. The fourth-order valence-electron chi connectivity index (χ4n) is 1.75. The molecule has 18 heavy (non-hydrogen) atoms. The molecule has 1 N–H and O–H groups in total. The molecule has 0 radical (unpaired) electrons. The SMILES string of the molecule is CNCc1ccc(S(=O)(=O)N2CCS(=O)CC2)o1. The zero-order chi connectivity index (χ0) is 13.2. The van der Waals surface area contributed by atoms with Gasteiger partial charge in [0.25, 0.3) is 10.0 Å². The van der Waals surface area contributed by atoms with Gasteiger partial charge in [-0.25, -0.2) is 8.42 Å². The summed E-state index contributed by atoms with van der Waals surface area (Å²) in [7, 11) is -2.71. The van der Waals surface area contributed by atoms with Crippen molar-refractivity contribution in [3.8, 4) is 0 Å². The quantitative estimate of drug-likeness (QED) is 0.828. The Morgan fingerprint density at radius 2 is 2.06 bits per heavy atom. The minimum Gasteiger partial charge on any atom is -0.447 e. The van der Waals surface area contributed by atoms with E-state index in [1.54, 1.807) is 13.1 Å². The van der Waals surface area contributed by atoms with E-state index in [0.717, 1.165) is 0 Å². The summed E-state index contributed by atoms with van der Waals surface area (Å²) in [6.07, 6.45) is 0. The van der Waals surface area contributed by atoms with Crippen molar-refractivity contribution in [3.05, 3.63) is 17.9 Å². The highest BCUT2D eigenvalue weighted by atomic mass is 32.2. The molecule has 2 rings (SSSR count). The maximum atomic E-state index is 12.2. The summed E-state index contributed by atoms with van der Waals surface area (Å²) in [4.78, 5) is 0. The first-order valence-corrected chi connectivity index (χ1v) is 8.55. The fourth-order valence-corrected chi connectivity index (χ4v) is 4.41. The Labute approximate surface area is 109 Å². The number of sulfonamides is 1. The minimum atomic E-state index is -3.58. The standard InChI is InChI=1S/C10H16N2O4S2/c1-11-8-9-2-3-10(16-9)18(14,15)12-4-6-17(13)7-5-12/h2-3,11H,4-8H2,1H3. The van der Waals surface area contributed by atoms with Crippen LogP contribution in [0.2, 0.25) is 0 Å². The molecule has 6 nitrogen and oxygen atoms in total. The van der Waals surface area contributed by atoms with Crippen LogP contribution in [0.4, 0.5) is 0 Å². The van der Waals surface area contributed by atoms with E-state index < -0.39 is 20.8 Å². The lowest BCUT2D eigenvalue weighted by Gasteiger charge is -2.24. The zero-order valence-electron chi connectivity index (χ0n) is 10.1. The first kappa shape index (κ1) is 13.7. The van der Waals surface area contributed by atoms with Gasteiger partial charge >= 0.3 is 0 Å². The number of nitrogens with zero attached hydrogens (tertiary/aromatic N) is 1. The van der Waals surface area contributed by atoms with Gasteiger partial charge in [0.1, 0.15) is 5.76 Å². The number of nitrogens with one attached hydrogen (secondary N) is 1. The molecule has 1 fully saturated rings. The summed E-state index contributed by atoms with van der Waals surface area (Å²) in [5.74, 6) is 1.36. The van der Waals surface area contributed by atoms with E-state index in [9.17, 15) is 12.6 Å². The summed E-state index contributed by atoms with van der Waals surface area (Å²) in [5.41, 5.74) is 0. The summed E-state index contributed by atoms with van der Waals surface area (Å²) in [6, 6.07) is 3.11. The van der Waals surface area contributed by atoms with Crippen LogP contribution in [0.5, 0.6) is 0 Å². The van der Waals surface area contributed by atoms with Gasteiger partial charge in [-0.15, -0.1) is 0 Å². The molecule has 8 heteroatoms. The van der Waals surface area contributed by atoms with Crippen LogP contribution in [0.1, 0.15) is 5.76 Å². The Morgan fingerprint density at radius 1 is 1.39 bits per heavy atom. The zero-order valence-corrected chi connectivity index (χ0v) is 11.7. The van der Waals surface area contributed by atoms with Crippen molar-refractivity contribution in [1.29, 1.82) is 0 Å². The van der Waals surface area contributed by atoms with E-state index in [2.05, 4.69) is 5.32 Å². The number of furan rings is 1. The molecule has 1 aromatic rings. The maximum Gasteiger partial charge on any atom is 0.276 e. The van der Waals surface area contributed by atoms with E-state index in [-0.39, 0.29) is 18.2 Å². The third-order valence-electron chi connectivity index (χ3n) is 2.72. The minimum absolute atomic E-state index is 0.0413. The van der Waals surface area contributed by atoms with Crippen molar-refractivity contribution in [1.82, 2.24) is 9.62 Å². The monoisotopic (exact) mass is 292 g/mol. The normalized spacial score (nSPS) is 19.2. The highest BCUT2D eigenvalue weighted by molar-refractivity contribution is 7.89. The number of rotatable bonds is 4. The second-order valence-electron chi connectivity index (χ2n) is 4.00. The first-order chi connectivity index (χ1) is 8.54. The molecule has 0 aliphatic carbocycles. The third kappa shape index (κ3) is 2.82. The molecule has 0 unspecified atom stereocenters. The van der Waals surface area contributed by atoms with E-state index in [1.807, 2.05) is 0 Å². The molecule has 0 spiro atoms. The average Bonchev–Trinajstić information content (AvgIpc) is 2.79.